The predicted octanol–water partition coefficient (Wildman–Crippen LogP) is 2.11. The summed E-state index contributed by atoms with van der Waals surface area (Å²) in [5.41, 5.74) is 0. The van der Waals surface area contributed by atoms with Gasteiger partial charge in [-0.15, -0.1) is 0 Å². The first-order valence-electron chi connectivity index (χ1n) is 6.77. The van der Waals surface area contributed by atoms with Crippen molar-refractivity contribution in [1.82, 2.24) is 10.2 Å². The van der Waals surface area contributed by atoms with Gasteiger partial charge in [0.05, 0.1) is 0 Å². The Morgan fingerprint density at radius 1 is 1.07 bits per heavy atom. The maximum atomic E-state index is 3.48. The molecule has 2 nitrogen and oxygen atoms in total. The first-order chi connectivity index (χ1) is 7.34. The minimum Gasteiger partial charge on any atom is -0.315 e. The van der Waals surface area contributed by atoms with Crippen LogP contribution in [0.15, 0.2) is 0 Å². The molecule has 88 valence electrons. The molecule has 0 unspecified atom stereocenters. The van der Waals surface area contributed by atoms with Gasteiger partial charge in [-0.3, -0.25) is 0 Å². The summed E-state index contributed by atoms with van der Waals surface area (Å²) >= 11 is 0. The molecular formula is C13H26N2. The molecule has 15 heavy (non-hydrogen) atoms. The molecule has 0 aromatic rings. The van der Waals surface area contributed by atoms with Crippen LogP contribution in [0.2, 0.25) is 0 Å². The highest BCUT2D eigenvalue weighted by Crippen LogP contribution is 2.28. The molecule has 2 rings (SSSR count). The predicted molar refractivity (Wildman–Crippen MR) is 65.0 cm³/mol. The standard InChI is InChI=1S/C13H26N2/c1-12-3-5-13(6-4-12)11-15-9-2-7-14-8-10-15/h12-14H,2-11H2,1H3. The third-order valence-corrected chi connectivity index (χ3v) is 4.08. The normalized spacial score (nSPS) is 35.0. The Labute approximate surface area is 94.4 Å². The van der Waals surface area contributed by atoms with Crippen LogP contribution >= 0.6 is 0 Å². The zero-order valence-electron chi connectivity index (χ0n) is 10.2. The monoisotopic (exact) mass is 210 g/mol. The molecule has 1 heterocycles. The second-order valence-electron chi connectivity index (χ2n) is 5.53. The third kappa shape index (κ3) is 3.76. The van der Waals surface area contributed by atoms with Gasteiger partial charge in [-0.25, -0.2) is 0 Å². The molecule has 2 heteroatoms. The third-order valence-electron chi connectivity index (χ3n) is 4.08. The average molecular weight is 210 g/mol. The van der Waals surface area contributed by atoms with E-state index in [9.17, 15) is 0 Å². The van der Waals surface area contributed by atoms with Gasteiger partial charge in [-0.2, -0.15) is 0 Å². The molecule has 0 radical (unpaired) electrons. The molecule has 1 saturated carbocycles. The van der Waals surface area contributed by atoms with Crippen molar-refractivity contribution in [2.75, 3.05) is 32.7 Å². The van der Waals surface area contributed by atoms with E-state index in [1.54, 1.807) is 0 Å². The van der Waals surface area contributed by atoms with Crippen LogP contribution in [-0.4, -0.2) is 37.6 Å². The number of nitrogens with one attached hydrogen (secondary N) is 1. The first kappa shape index (κ1) is 11.4. The van der Waals surface area contributed by atoms with Gasteiger partial charge in [0.2, 0.25) is 0 Å². The molecule has 0 spiro atoms. The number of nitrogens with zero attached hydrogens (tertiary/aromatic N) is 1. The highest BCUT2D eigenvalue weighted by molar-refractivity contribution is 4.75. The fourth-order valence-corrected chi connectivity index (χ4v) is 2.96. The molecule has 0 aromatic carbocycles. The number of hydrogen-bond acceptors (Lipinski definition) is 2. The van der Waals surface area contributed by atoms with Crippen molar-refractivity contribution < 1.29 is 0 Å². The van der Waals surface area contributed by atoms with Crippen LogP contribution in [-0.2, 0) is 0 Å². The van der Waals surface area contributed by atoms with Crippen LogP contribution in [0.3, 0.4) is 0 Å². The van der Waals surface area contributed by atoms with Crippen molar-refractivity contribution in [2.24, 2.45) is 11.8 Å². The summed E-state index contributed by atoms with van der Waals surface area (Å²) in [6.07, 6.45) is 7.23. The molecule has 0 atom stereocenters. The average Bonchev–Trinajstić information content (AvgIpc) is 2.50. The Kier molecular flexibility index (Phi) is 4.45. The van der Waals surface area contributed by atoms with Crippen LogP contribution in [0.1, 0.15) is 39.0 Å². The highest BCUT2D eigenvalue weighted by atomic mass is 15.1. The molecule has 0 bridgehead atoms. The smallest absolute Gasteiger partial charge is 0.0107 e. The van der Waals surface area contributed by atoms with Crippen LogP contribution < -0.4 is 5.32 Å². The van der Waals surface area contributed by atoms with Crippen molar-refractivity contribution in [3.05, 3.63) is 0 Å². The maximum absolute atomic E-state index is 3.48. The van der Waals surface area contributed by atoms with Gasteiger partial charge in [0.1, 0.15) is 0 Å². The second kappa shape index (κ2) is 5.86. The zero-order valence-corrected chi connectivity index (χ0v) is 10.2. The van der Waals surface area contributed by atoms with Crippen molar-refractivity contribution >= 4 is 0 Å². The fourth-order valence-electron chi connectivity index (χ4n) is 2.96. The molecule has 0 aromatic heterocycles. The Morgan fingerprint density at radius 2 is 1.87 bits per heavy atom. The Balaban J connectivity index is 1.70. The molecule has 1 N–H and O–H groups in total. The molecule has 1 aliphatic heterocycles. The van der Waals surface area contributed by atoms with Gasteiger partial charge in [0, 0.05) is 19.6 Å². The van der Waals surface area contributed by atoms with Crippen LogP contribution in [0.4, 0.5) is 0 Å². The Hall–Kier alpha value is -0.0800. The van der Waals surface area contributed by atoms with Gasteiger partial charge >= 0.3 is 0 Å². The zero-order chi connectivity index (χ0) is 10.5. The van der Waals surface area contributed by atoms with E-state index >= 15 is 0 Å². The van der Waals surface area contributed by atoms with Crippen molar-refractivity contribution in [2.45, 2.75) is 39.0 Å². The van der Waals surface area contributed by atoms with E-state index < -0.39 is 0 Å². The first-order valence-corrected chi connectivity index (χ1v) is 6.77. The highest BCUT2D eigenvalue weighted by Gasteiger charge is 2.20. The topological polar surface area (TPSA) is 15.3 Å². The van der Waals surface area contributed by atoms with Crippen molar-refractivity contribution in [3.63, 3.8) is 0 Å². The van der Waals surface area contributed by atoms with E-state index in [1.807, 2.05) is 0 Å². The van der Waals surface area contributed by atoms with Gasteiger partial charge in [-0.1, -0.05) is 19.8 Å². The number of hydrogen-bond donors (Lipinski definition) is 1. The van der Waals surface area contributed by atoms with E-state index in [4.69, 9.17) is 0 Å². The minimum absolute atomic E-state index is 0.993. The van der Waals surface area contributed by atoms with E-state index in [1.165, 1.54) is 64.8 Å². The molecule has 2 aliphatic rings. The lowest BCUT2D eigenvalue weighted by molar-refractivity contribution is 0.192. The minimum atomic E-state index is 0.993. The summed E-state index contributed by atoms with van der Waals surface area (Å²) in [5, 5.41) is 3.48. The fraction of sp³-hybridized carbons (Fsp3) is 1.00. The van der Waals surface area contributed by atoms with Crippen LogP contribution in [0.5, 0.6) is 0 Å². The lowest BCUT2D eigenvalue weighted by Crippen LogP contribution is -2.34. The van der Waals surface area contributed by atoms with E-state index in [2.05, 4.69) is 17.1 Å². The van der Waals surface area contributed by atoms with Crippen molar-refractivity contribution in [1.29, 1.82) is 0 Å². The largest absolute Gasteiger partial charge is 0.315 e. The van der Waals surface area contributed by atoms with Crippen molar-refractivity contribution in [3.8, 4) is 0 Å². The van der Waals surface area contributed by atoms with Crippen LogP contribution in [0, 0.1) is 11.8 Å². The van der Waals surface area contributed by atoms with Gasteiger partial charge in [0.25, 0.3) is 0 Å². The Bertz CT molecular complexity index is 165. The van der Waals surface area contributed by atoms with E-state index in [0.29, 0.717) is 0 Å². The summed E-state index contributed by atoms with van der Waals surface area (Å²) in [5.74, 6) is 1.99. The lowest BCUT2D eigenvalue weighted by atomic mass is 9.83. The van der Waals surface area contributed by atoms with Crippen LogP contribution in [0.25, 0.3) is 0 Å². The molecule has 0 amide bonds. The second-order valence-corrected chi connectivity index (χ2v) is 5.53. The molecule has 2 fully saturated rings. The maximum Gasteiger partial charge on any atom is 0.0107 e. The summed E-state index contributed by atoms with van der Waals surface area (Å²) in [6.45, 7) is 8.78. The molecule has 1 saturated heterocycles. The Morgan fingerprint density at radius 3 is 2.67 bits per heavy atom. The SMILES string of the molecule is CC1CCC(CN2CCCNCC2)CC1. The summed E-state index contributed by atoms with van der Waals surface area (Å²) in [7, 11) is 0. The summed E-state index contributed by atoms with van der Waals surface area (Å²) < 4.78 is 0. The van der Waals surface area contributed by atoms with E-state index in [-0.39, 0.29) is 0 Å². The van der Waals surface area contributed by atoms with Gasteiger partial charge in [0.15, 0.2) is 0 Å². The lowest BCUT2D eigenvalue weighted by Gasteiger charge is -2.30. The van der Waals surface area contributed by atoms with Gasteiger partial charge < -0.3 is 10.2 Å². The molecule has 1 aliphatic carbocycles. The van der Waals surface area contributed by atoms with Gasteiger partial charge in [-0.05, 0) is 44.2 Å². The molecular weight excluding hydrogens is 184 g/mol. The summed E-state index contributed by atoms with van der Waals surface area (Å²) in [4.78, 5) is 2.68. The summed E-state index contributed by atoms with van der Waals surface area (Å²) in [6, 6.07) is 0. The quantitative estimate of drug-likeness (QED) is 0.751. The van der Waals surface area contributed by atoms with E-state index in [0.717, 1.165) is 11.8 Å². The number of rotatable bonds is 2.